The summed E-state index contributed by atoms with van der Waals surface area (Å²) in [5.74, 6) is 0.968. The smallest absolute Gasteiger partial charge is 0.255 e. The van der Waals surface area contributed by atoms with E-state index >= 15 is 0 Å². The second-order valence-electron chi connectivity index (χ2n) is 3.89. The molecule has 1 unspecified atom stereocenters. The Hall–Kier alpha value is -1.42. The fraction of sp³-hybridized carbons (Fsp3) is 0.462. The third-order valence-corrected chi connectivity index (χ3v) is 2.70. The SMILES string of the molecule is COc1ccc(C(=O)NCCC(C)Cl)c(OC)c1. The zero-order chi connectivity index (χ0) is 13.5. The van der Waals surface area contributed by atoms with E-state index in [1.54, 1.807) is 25.3 Å². The molecule has 0 saturated carbocycles. The molecule has 0 aliphatic heterocycles. The molecule has 1 aromatic rings. The normalized spacial score (nSPS) is 11.8. The Morgan fingerprint density at radius 3 is 2.67 bits per heavy atom. The molecule has 100 valence electrons. The largest absolute Gasteiger partial charge is 0.497 e. The van der Waals surface area contributed by atoms with Gasteiger partial charge in [0.1, 0.15) is 11.5 Å². The number of halogens is 1. The molecule has 0 heterocycles. The first-order chi connectivity index (χ1) is 8.58. The van der Waals surface area contributed by atoms with E-state index < -0.39 is 0 Å². The van der Waals surface area contributed by atoms with E-state index in [0.29, 0.717) is 23.6 Å². The van der Waals surface area contributed by atoms with Crippen LogP contribution in [0.2, 0.25) is 0 Å². The van der Waals surface area contributed by atoms with Crippen molar-refractivity contribution >= 4 is 17.5 Å². The van der Waals surface area contributed by atoms with Gasteiger partial charge in [-0.1, -0.05) is 0 Å². The summed E-state index contributed by atoms with van der Waals surface area (Å²) in [4.78, 5) is 11.9. The fourth-order valence-electron chi connectivity index (χ4n) is 1.47. The van der Waals surface area contributed by atoms with Gasteiger partial charge in [0.25, 0.3) is 5.91 Å². The first-order valence-corrected chi connectivity index (χ1v) is 6.16. The van der Waals surface area contributed by atoms with Crippen LogP contribution in [-0.4, -0.2) is 32.0 Å². The van der Waals surface area contributed by atoms with Crippen molar-refractivity contribution in [1.29, 1.82) is 0 Å². The van der Waals surface area contributed by atoms with Gasteiger partial charge in [0.15, 0.2) is 0 Å². The van der Waals surface area contributed by atoms with Gasteiger partial charge in [-0.3, -0.25) is 4.79 Å². The number of alkyl halides is 1. The molecule has 0 saturated heterocycles. The maximum Gasteiger partial charge on any atom is 0.255 e. The summed E-state index contributed by atoms with van der Waals surface area (Å²) in [6.45, 7) is 2.43. The standard InChI is InChI=1S/C13H18ClNO3/c1-9(14)6-7-15-13(16)11-5-4-10(17-2)8-12(11)18-3/h4-5,8-9H,6-7H2,1-3H3,(H,15,16). The first-order valence-electron chi connectivity index (χ1n) is 5.72. The number of carbonyl (C=O) groups is 1. The van der Waals surface area contributed by atoms with E-state index in [9.17, 15) is 4.79 Å². The summed E-state index contributed by atoms with van der Waals surface area (Å²) >= 11 is 5.81. The summed E-state index contributed by atoms with van der Waals surface area (Å²) < 4.78 is 10.2. The van der Waals surface area contributed by atoms with Crippen molar-refractivity contribution in [2.24, 2.45) is 0 Å². The molecule has 0 fully saturated rings. The zero-order valence-electron chi connectivity index (χ0n) is 10.8. The van der Waals surface area contributed by atoms with Gasteiger partial charge >= 0.3 is 0 Å². The van der Waals surface area contributed by atoms with Crippen molar-refractivity contribution < 1.29 is 14.3 Å². The van der Waals surface area contributed by atoms with Gasteiger partial charge in [-0.05, 0) is 25.5 Å². The summed E-state index contributed by atoms with van der Waals surface area (Å²) in [5, 5.41) is 2.84. The zero-order valence-corrected chi connectivity index (χ0v) is 11.6. The molecule has 4 nitrogen and oxygen atoms in total. The van der Waals surface area contributed by atoms with Gasteiger partial charge in [-0.2, -0.15) is 0 Å². The lowest BCUT2D eigenvalue weighted by atomic mass is 10.1. The van der Waals surface area contributed by atoms with Gasteiger partial charge in [-0.25, -0.2) is 0 Å². The van der Waals surface area contributed by atoms with E-state index in [0.717, 1.165) is 6.42 Å². The molecule has 0 bridgehead atoms. The fourth-order valence-corrected chi connectivity index (χ4v) is 1.58. The van der Waals surface area contributed by atoms with Crippen molar-refractivity contribution in [2.75, 3.05) is 20.8 Å². The average Bonchev–Trinajstić information content (AvgIpc) is 2.37. The predicted octanol–water partition coefficient (Wildman–Crippen LogP) is 2.45. The van der Waals surface area contributed by atoms with Crippen molar-refractivity contribution in [3.63, 3.8) is 0 Å². The molecule has 1 atom stereocenters. The van der Waals surface area contributed by atoms with Crippen molar-refractivity contribution in [3.8, 4) is 11.5 Å². The molecule has 0 aromatic heterocycles. The predicted molar refractivity (Wildman–Crippen MR) is 71.8 cm³/mol. The van der Waals surface area contributed by atoms with Gasteiger partial charge in [0.05, 0.1) is 19.8 Å². The molecule has 0 spiro atoms. The van der Waals surface area contributed by atoms with Crippen LogP contribution >= 0.6 is 11.6 Å². The number of benzene rings is 1. The van der Waals surface area contributed by atoms with E-state index in [4.69, 9.17) is 21.1 Å². The van der Waals surface area contributed by atoms with E-state index in [-0.39, 0.29) is 11.3 Å². The molecule has 1 aromatic carbocycles. The van der Waals surface area contributed by atoms with Crippen LogP contribution in [0.1, 0.15) is 23.7 Å². The Bertz CT molecular complexity index is 407. The van der Waals surface area contributed by atoms with Gasteiger partial charge in [0, 0.05) is 18.0 Å². The molecule has 5 heteroatoms. The highest BCUT2D eigenvalue weighted by molar-refractivity contribution is 6.20. The quantitative estimate of drug-likeness (QED) is 0.809. The topological polar surface area (TPSA) is 47.6 Å². The Kier molecular flexibility index (Phi) is 5.78. The van der Waals surface area contributed by atoms with Crippen LogP contribution in [0, 0.1) is 0 Å². The number of methoxy groups -OCH3 is 2. The third-order valence-electron chi connectivity index (χ3n) is 2.48. The maximum atomic E-state index is 11.9. The number of rotatable bonds is 6. The Morgan fingerprint density at radius 1 is 1.39 bits per heavy atom. The van der Waals surface area contributed by atoms with Crippen LogP contribution in [0.3, 0.4) is 0 Å². The van der Waals surface area contributed by atoms with E-state index in [1.165, 1.54) is 7.11 Å². The van der Waals surface area contributed by atoms with Crippen LogP contribution in [-0.2, 0) is 0 Å². The Balaban J connectivity index is 2.72. The maximum absolute atomic E-state index is 11.9. The third kappa shape index (κ3) is 4.11. The highest BCUT2D eigenvalue weighted by atomic mass is 35.5. The van der Waals surface area contributed by atoms with Crippen LogP contribution in [0.15, 0.2) is 18.2 Å². The van der Waals surface area contributed by atoms with E-state index in [2.05, 4.69) is 5.32 Å². The minimum atomic E-state index is -0.174. The average molecular weight is 272 g/mol. The number of amides is 1. The summed E-state index contributed by atoms with van der Waals surface area (Å²) in [7, 11) is 3.09. The first kappa shape index (κ1) is 14.6. The van der Waals surface area contributed by atoms with Gasteiger partial charge < -0.3 is 14.8 Å². The number of nitrogens with one attached hydrogen (secondary N) is 1. The van der Waals surface area contributed by atoms with Crippen LogP contribution < -0.4 is 14.8 Å². The molecule has 0 radical (unpaired) electrons. The molecule has 1 rings (SSSR count). The van der Waals surface area contributed by atoms with Crippen molar-refractivity contribution in [1.82, 2.24) is 5.32 Å². The number of ether oxygens (including phenoxy) is 2. The summed E-state index contributed by atoms with van der Waals surface area (Å²) in [6, 6.07) is 5.08. The number of hydrogen-bond donors (Lipinski definition) is 1. The van der Waals surface area contributed by atoms with Crippen LogP contribution in [0.5, 0.6) is 11.5 Å². The second-order valence-corrected chi connectivity index (χ2v) is 4.64. The Morgan fingerprint density at radius 2 is 2.11 bits per heavy atom. The van der Waals surface area contributed by atoms with E-state index in [1.807, 2.05) is 6.92 Å². The number of carbonyl (C=O) groups excluding carboxylic acids is 1. The Labute approximate surface area is 112 Å². The minimum absolute atomic E-state index is 0.0445. The molecule has 1 N–H and O–H groups in total. The highest BCUT2D eigenvalue weighted by Gasteiger charge is 2.12. The highest BCUT2D eigenvalue weighted by Crippen LogP contribution is 2.24. The molecule has 1 amide bonds. The molecule has 0 aliphatic rings. The van der Waals surface area contributed by atoms with Crippen LogP contribution in [0.25, 0.3) is 0 Å². The lowest BCUT2D eigenvalue weighted by molar-refractivity contribution is 0.0950. The molecular formula is C13H18ClNO3. The van der Waals surface area contributed by atoms with Crippen LogP contribution in [0.4, 0.5) is 0 Å². The lowest BCUT2D eigenvalue weighted by Crippen LogP contribution is -2.26. The summed E-state index contributed by atoms with van der Waals surface area (Å²) in [6.07, 6.45) is 0.728. The molecule has 0 aliphatic carbocycles. The molecular weight excluding hydrogens is 254 g/mol. The lowest BCUT2D eigenvalue weighted by Gasteiger charge is -2.11. The van der Waals surface area contributed by atoms with Crippen molar-refractivity contribution in [3.05, 3.63) is 23.8 Å². The minimum Gasteiger partial charge on any atom is -0.497 e. The second kappa shape index (κ2) is 7.11. The summed E-state index contributed by atoms with van der Waals surface area (Å²) in [5.41, 5.74) is 0.487. The van der Waals surface area contributed by atoms with Gasteiger partial charge in [-0.15, -0.1) is 11.6 Å². The number of hydrogen-bond acceptors (Lipinski definition) is 3. The monoisotopic (exact) mass is 271 g/mol. The van der Waals surface area contributed by atoms with Gasteiger partial charge in [0.2, 0.25) is 0 Å². The molecule has 18 heavy (non-hydrogen) atoms. The van der Waals surface area contributed by atoms with Crippen molar-refractivity contribution in [2.45, 2.75) is 18.7 Å².